The third-order valence-electron chi connectivity index (χ3n) is 2.63. The zero-order valence-electron chi connectivity index (χ0n) is 10.3. The van der Waals surface area contributed by atoms with E-state index in [0.29, 0.717) is 30.2 Å². The lowest BCUT2D eigenvalue weighted by atomic mass is 10.2. The molecular formula is C11H16N2O4S. The van der Waals surface area contributed by atoms with Crippen LogP contribution in [0, 0.1) is 6.92 Å². The quantitative estimate of drug-likeness (QED) is 0.750. The van der Waals surface area contributed by atoms with Crippen molar-refractivity contribution >= 4 is 10.0 Å². The highest BCUT2D eigenvalue weighted by Crippen LogP contribution is 2.35. The van der Waals surface area contributed by atoms with Crippen molar-refractivity contribution in [3.63, 3.8) is 0 Å². The lowest BCUT2D eigenvalue weighted by Gasteiger charge is -2.10. The van der Waals surface area contributed by atoms with E-state index in [2.05, 4.69) is 10.0 Å². The van der Waals surface area contributed by atoms with Crippen LogP contribution in [-0.2, 0) is 10.0 Å². The smallest absolute Gasteiger partial charge is 0.241 e. The van der Waals surface area contributed by atoms with Gasteiger partial charge >= 0.3 is 0 Å². The predicted molar refractivity (Wildman–Crippen MR) is 66.4 cm³/mol. The van der Waals surface area contributed by atoms with Gasteiger partial charge in [0.1, 0.15) is 0 Å². The summed E-state index contributed by atoms with van der Waals surface area (Å²) in [5, 5.41) is 2.88. The van der Waals surface area contributed by atoms with Gasteiger partial charge in [0.2, 0.25) is 16.8 Å². The molecule has 0 amide bonds. The molecule has 0 unspecified atom stereocenters. The van der Waals surface area contributed by atoms with Crippen molar-refractivity contribution in [3.8, 4) is 11.5 Å². The van der Waals surface area contributed by atoms with Crippen molar-refractivity contribution in [2.45, 2.75) is 11.8 Å². The van der Waals surface area contributed by atoms with Crippen molar-refractivity contribution in [2.75, 3.05) is 26.9 Å². The van der Waals surface area contributed by atoms with Crippen LogP contribution in [0.15, 0.2) is 17.0 Å². The monoisotopic (exact) mass is 272 g/mol. The second-order valence-electron chi connectivity index (χ2n) is 3.97. The molecule has 6 nitrogen and oxygen atoms in total. The summed E-state index contributed by atoms with van der Waals surface area (Å²) in [5.74, 6) is 1.05. The molecule has 0 saturated heterocycles. The fraction of sp³-hybridized carbons (Fsp3) is 0.455. The fourth-order valence-corrected chi connectivity index (χ4v) is 2.97. The Labute approximate surface area is 106 Å². The molecule has 1 aromatic carbocycles. The molecule has 1 aliphatic rings. The average molecular weight is 272 g/mol. The maximum absolute atomic E-state index is 12.1. The van der Waals surface area contributed by atoms with Gasteiger partial charge in [0.05, 0.1) is 4.90 Å². The van der Waals surface area contributed by atoms with Gasteiger partial charge in [0.15, 0.2) is 11.5 Å². The highest BCUT2D eigenvalue weighted by molar-refractivity contribution is 7.89. The van der Waals surface area contributed by atoms with Gasteiger partial charge in [-0.15, -0.1) is 0 Å². The van der Waals surface area contributed by atoms with Crippen LogP contribution in [0.3, 0.4) is 0 Å². The Kier molecular flexibility index (Phi) is 3.74. The minimum absolute atomic E-state index is 0.130. The molecule has 0 atom stereocenters. The number of sulfonamides is 1. The number of ether oxygens (including phenoxy) is 2. The summed E-state index contributed by atoms with van der Waals surface area (Å²) in [4.78, 5) is 0.225. The molecule has 18 heavy (non-hydrogen) atoms. The first-order chi connectivity index (χ1) is 8.54. The standard InChI is InChI=1S/C11H16N2O4S/c1-8-5-9-10(17-7-16-9)6-11(8)18(14,15)13-4-3-12-2/h5-6,12-13H,3-4,7H2,1-2H3. The average Bonchev–Trinajstić information content (AvgIpc) is 2.75. The van der Waals surface area contributed by atoms with Crippen LogP contribution in [0.2, 0.25) is 0 Å². The first kappa shape index (κ1) is 13.1. The molecule has 2 N–H and O–H groups in total. The molecule has 2 rings (SSSR count). The molecule has 100 valence electrons. The molecule has 1 heterocycles. The zero-order valence-corrected chi connectivity index (χ0v) is 11.1. The van der Waals surface area contributed by atoms with E-state index in [1.807, 2.05) is 0 Å². The molecule has 0 radical (unpaired) electrons. The van der Waals surface area contributed by atoms with Crippen LogP contribution in [0.1, 0.15) is 5.56 Å². The summed E-state index contributed by atoms with van der Waals surface area (Å²) in [6, 6.07) is 3.17. The van der Waals surface area contributed by atoms with Gasteiger partial charge in [0.25, 0.3) is 0 Å². The second-order valence-corrected chi connectivity index (χ2v) is 5.71. The van der Waals surface area contributed by atoms with Gasteiger partial charge in [-0.1, -0.05) is 0 Å². The van der Waals surface area contributed by atoms with Gasteiger partial charge < -0.3 is 14.8 Å². The summed E-state index contributed by atoms with van der Waals surface area (Å²) in [5.41, 5.74) is 0.635. The number of aryl methyl sites for hydroxylation is 1. The van der Waals surface area contributed by atoms with Crippen LogP contribution in [0.25, 0.3) is 0 Å². The maximum Gasteiger partial charge on any atom is 0.241 e. The first-order valence-corrected chi connectivity index (χ1v) is 7.07. The van der Waals surface area contributed by atoms with E-state index in [9.17, 15) is 8.42 Å². The zero-order chi connectivity index (χ0) is 13.2. The minimum Gasteiger partial charge on any atom is -0.454 e. The van der Waals surface area contributed by atoms with Crippen molar-refractivity contribution in [1.29, 1.82) is 0 Å². The SMILES string of the molecule is CNCCNS(=O)(=O)c1cc2c(cc1C)OCO2. The number of likely N-dealkylation sites (N-methyl/N-ethyl adjacent to an activating group) is 1. The summed E-state index contributed by atoms with van der Waals surface area (Å²) < 4.78 is 37.1. The summed E-state index contributed by atoms with van der Waals surface area (Å²) in [6.07, 6.45) is 0. The Morgan fingerprint density at radius 1 is 1.22 bits per heavy atom. The van der Waals surface area contributed by atoms with Crippen molar-refractivity contribution in [3.05, 3.63) is 17.7 Å². The number of hydrogen-bond donors (Lipinski definition) is 2. The van der Waals surface area contributed by atoms with Gasteiger partial charge in [0, 0.05) is 19.2 Å². The third kappa shape index (κ3) is 2.58. The van der Waals surface area contributed by atoms with E-state index in [1.54, 1.807) is 20.0 Å². The molecule has 7 heteroatoms. The topological polar surface area (TPSA) is 76.7 Å². The van der Waals surface area contributed by atoms with Crippen LogP contribution in [0.5, 0.6) is 11.5 Å². The van der Waals surface area contributed by atoms with Crippen molar-refractivity contribution in [1.82, 2.24) is 10.0 Å². The second kappa shape index (κ2) is 5.13. The van der Waals surface area contributed by atoms with E-state index in [1.165, 1.54) is 6.07 Å². The largest absolute Gasteiger partial charge is 0.454 e. The lowest BCUT2D eigenvalue weighted by Crippen LogP contribution is -2.30. The van der Waals surface area contributed by atoms with E-state index in [-0.39, 0.29) is 11.7 Å². The maximum atomic E-state index is 12.1. The van der Waals surface area contributed by atoms with Gasteiger partial charge in [-0.25, -0.2) is 13.1 Å². The number of hydrogen-bond acceptors (Lipinski definition) is 5. The highest BCUT2D eigenvalue weighted by Gasteiger charge is 2.22. The fourth-order valence-electron chi connectivity index (χ4n) is 1.70. The molecule has 1 aliphatic heterocycles. The van der Waals surface area contributed by atoms with Gasteiger partial charge in [-0.05, 0) is 25.6 Å². The molecule has 0 spiro atoms. The molecule has 0 saturated carbocycles. The third-order valence-corrected chi connectivity index (χ3v) is 4.23. The van der Waals surface area contributed by atoms with Crippen LogP contribution >= 0.6 is 0 Å². The molecule has 0 aliphatic carbocycles. The van der Waals surface area contributed by atoms with Gasteiger partial charge in [-0.3, -0.25) is 0 Å². The molecule has 1 aromatic rings. The van der Waals surface area contributed by atoms with E-state index in [4.69, 9.17) is 9.47 Å². The highest BCUT2D eigenvalue weighted by atomic mass is 32.2. The van der Waals surface area contributed by atoms with Crippen molar-refractivity contribution < 1.29 is 17.9 Å². The Morgan fingerprint density at radius 3 is 2.56 bits per heavy atom. The van der Waals surface area contributed by atoms with E-state index in [0.717, 1.165) is 0 Å². The summed E-state index contributed by atoms with van der Waals surface area (Å²) in [7, 11) is -1.75. The lowest BCUT2D eigenvalue weighted by molar-refractivity contribution is 0.174. The first-order valence-electron chi connectivity index (χ1n) is 5.59. The normalized spacial score (nSPS) is 13.9. The molecular weight excluding hydrogens is 256 g/mol. The summed E-state index contributed by atoms with van der Waals surface area (Å²) >= 11 is 0. The molecule has 0 bridgehead atoms. The molecule has 0 aromatic heterocycles. The van der Waals surface area contributed by atoms with E-state index >= 15 is 0 Å². The van der Waals surface area contributed by atoms with Crippen LogP contribution in [0.4, 0.5) is 0 Å². The van der Waals surface area contributed by atoms with Crippen LogP contribution in [-0.4, -0.2) is 35.3 Å². The number of nitrogens with one attached hydrogen (secondary N) is 2. The molecule has 0 fully saturated rings. The van der Waals surface area contributed by atoms with Crippen molar-refractivity contribution in [2.24, 2.45) is 0 Å². The Morgan fingerprint density at radius 2 is 1.89 bits per heavy atom. The van der Waals surface area contributed by atoms with E-state index < -0.39 is 10.0 Å². The number of fused-ring (bicyclic) bond motifs is 1. The van der Waals surface area contributed by atoms with Gasteiger partial charge in [-0.2, -0.15) is 0 Å². The summed E-state index contributed by atoms with van der Waals surface area (Å²) in [6.45, 7) is 2.77. The predicted octanol–water partition coefficient (Wildman–Crippen LogP) is 0.221. The Hall–Kier alpha value is -1.31. The Bertz CT molecular complexity index is 542. The van der Waals surface area contributed by atoms with Crippen LogP contribution < -0.4 is 19.5 Å². The Balaban J connectivity index is 2.27. The number of benzene rings is 1. The minimum atomic E-state index is -3.51. The number of rotatable bonds is 5.